The summed E-state index contributed by atoms with van der Waals surface area (Å²) in [7, 11) is 0. The molecule has 31 heavy (non-hydrogen) atoms. The van der Waals surface area contributed by atoms with Gasteiger partial charge in [-0.05, 0) is 63.2 Å². The first kappa shape index (κ1) is 22.8. The van der Waals surface area contributed by atoms with Crippen molar-refractivity contribution in [3.8, 4) is 5.75 Å². The van der Waals surface area contributed by atoms with E-state index in [0.717, 1.165) is 5.69 Å². The molecule has 0 bridgehead atoms. The molecule has 0 atom stereocenters. The lowest BCUT2D eigenvalue weighted by atomic mass is 10.1. The summed E-state index contributed by atoms with van der Waals surface area (Å²) in [5.41, 5.74) is 2.41. The molecule has 0 aliphatic heterocycles. The highest BCUT2D eigenvalue weighted by Gasteiger charge is 2.16. The largest absolute Gasteiger partial charge is 0.480 e. The van der Waals surface area contributed by atoms with E-state index in [-0.39, 0.29) is 23.4 Å². The number of carbonyl (C=O) groups excluding carboxylic acids is 2. The minimum Gasteiger partial charge on any atom is -0.480 e. The molecule has 0 aliphatic rings. The highest BCUT2D eigenvalue weighted by atomic mass is 35.5. The molecule has 2 amide bonds. The van der Waals surface area contributed by atoms with E-state index in [9.17, 15) is 9.59 Å². The predicted octanol–water partition coefficient (Wildman–Crippen LogP) is 5.35. The Bertz CT molecular complexity index is 1110. The zero-order valence-electron chi connectivity index (χ0n) is 17.5. The van der Waals surface area contributed by atoms with Gasteiger partial charge in [-0.1, -0.05) is 23.2 Å². The molecule has 2 aromatic carbocycles. The van der Waals surface area contributed by atoms with Gasteiger partial charge in [0.1, 0.15) is 5.52 Å². The summed E-state index contributed by atoms with van der Waals surface area (Å²) < 4.78 is 5.69. The number of amides is 2. The number of ether oxygens (including phenoxy) is 1. The van der Waals surface area contributed by atoms with Crippen LogP contribution in [-0.2, 0) is 4.79 Å². The Labute approximate surface area is 191 Å². The SMILES string of the molecule is CCN(CC)C(=O)c1ccc(NC(=O)COc2c(Cl)cc(Cl)c3ccc(C)nc23)cc1. The summed E-state index contributed by atoms with van der Waals surface area (Å²) in [5.74, 6) is -0.104. The Hall–Kier alpha value is -2.83. The zero-order chi connectivity index (χ0) is 22.5. The lowest BCUT2D eigenvalue weighted by molar-refractivity contribution is -0.118. The normalized spacial score (nSPS) is 10.7. The van der Waals surface area contributed by atoms with Crippen molar-refractivity contribution in [2.75, 3.05) is 25.0 Å². The van der Waals surface area contributed by atoms with Gasteiger partial charge in [-0.15, -0.1) is 0 Å². The molecule has 162 valence electrons. The van der Waals surface area contributed by atoms with Crippen molar-refractivity contribution in [1.82, 2.24) is 9.88 Å². The number of rotatable bonds is 7. The number of pyridine rings is 1. The van der Waals surface area contributed by atoms with Crippen LogP contribution < -0.4 is 10.1 Å². The fourth-order valence-corrected chi connectivity index (χ4v) is 3.72. The van der Waals surface area contributed by atoms with Crippen LogP contribution in [0.15, 0.2) is 42.5 Å². The number of nitrogens with zero attached hydrogens (tertiary/aromatic N) is 2. The highest BCUT2D eigenvalue weighted by molar-refractivity contribution is 6.39. The van der Waals surface area contributed by atoms with E-state index in [4.69, 9.17) is 27.9 Å². The van der Waals surface area contributed by atoms with Crippen molar-refractivity contribution in [3.63, 3.8) is 0 Å². The van der Waals surface area contributed by atoms with Gasteiger partial charge >= 0.3 is 0 Å². The van der Waals surface area contributed by atoms with Crippen molar-refractivity contribution in [3.05, 3.63) is 63.8 Å². The number of benzene rings is 2. The van der Waals surface area contributed by atoms with Gasteiger partial charge in [-0.2, -0.15) is 0 Å². The molecule has 8 heteroatoms. The average Bonchev–Trinajstić information content (AvgIpc) is 2.74. The molecule has 3 rings (SSSR count). The van der Waals surface area contributed by atoms with Crippen LogP contribution in [0.25, 0.3) is 10.9 Å². The molecule has 0 unspecified atom stereocenters. The standard InChI is InChI=1S/C23H23Cl2N3O3/c1-4-28(5-2)23(30)15-7-9-16(10-8-15)27-20(29)13-31-22-19(25)12-18(24)17-11-6-14(3)26-21(17)22/h6-12H,4-5,13H2,1-3H3,(H,27,29). The topological polar surface area (TPSA) is 71.5 Å². The van der Waals surface area contributed by atoms with Crippen LogP contribution in [0.5, 0.6) is 5.75 Å². The van der Waals surface area contributed by atoms with E-state index < -0.39 is 0 Å². The fourth-order valence-electron chi connectivity index (χ4n) is 3.15. The Morgan fingerprint density at radius 3 is 2.35 bits per heavy atom. The van der Waals surface area contributed by atoms with E-state index in [1.807, 2.05) is 32.9 Å². The van der Waals surface area contributed by atoms with E-state index in [0.29, 0.717) is 46.0 Å². The molecule has 1 aromatic heterocycles. The molecule has 0 spiro atoms. The van der Waals surface area contributed by atoms with E-state index in [1.165, 1.54) is 0 Å². The molecule has 0 saturated carbocycles. The maximum Gasteiger partial charge on any atom is 0.262 e. The van der Waals surface area contributed by atoms with Gasteiger partial charge in [0, 0.05) is 35.4 Å². The number of halogens is 2. The van der Waals surface area contributed by atoms with Crippen molar-refractivity contribution in [2.45, 2.75) is 20.8 Å². The third kappa shape index (κ3) is 5.27. The molecule has 3 aromatic rings. The number of aryl methyl sites for hydroxylation is 1. The lowest BCUT2D eigenvalue weighted by Crippen LogP contribution is -2.30. The van der Waals surface area contributed by atoms with E-state index in [2.05, 4.69) is 10.3 Å². The number of hydrogen-bond donors (Lipinski definition) is 1. The number of fused-ring (bicyclic) bond motifs is 1. The minimum absolute atomic E-state index is 0.0433. The van der Waals surface area contributed by atoms with Crippen LogP contribution in [0.3, 0.4) is 0 Å². The summed E-state index contributed by atoms with van der Waals surface area (Å²) >= 11 is 12.5. The summed E-state index contributed by atoms with van der Waals surface area (Å²) in [6, 6.07) is 12.0. The van der Waals surface area contributed by atoms with Gasteiger partial charge in [0.15, 0.2) is 12.4 Å². The Morgan fingerprint density at radius 2 is 1.71 bits per heavy atom. The van der Waals surface area contributed by atoms with Gasteiger partial charge in [-0.3, -0.25) is 9.59 Å². The van der Waals surface area contributed by atoms with Crippen molar-refractivity contribution >= 4 is 51.6 Å². The van der Waals surface area contributed by atoms with E-state index in [1.54, 1.807) is 35.2 Å². The summed E-state index contributed by atoms with van der Waals surface area (Å²) in [5, 5.41) is 4.18. The average molecular weight is 460 g/mol. The first-order valence-corrected chi connectivity index (χ1v) is 10.7. The molecule has 0 radical (unpaired) electrons. The van der Waals surface area contributed by atoms with Crippen molar-refractivity contribution < 1.29 is 14.3 Å². The molecule has 6 nitrogen and oxygen atoms in total. The van der Waals surface area contributed by atoms with Crippen molar-refractivity contribution in [2.24, 2.45) is 0 Å². The predicted molar refractivity (Wildman–Crippen MR) is 124 cm³/mol. The summed E-state index contributed by atoms with van der Waals surface area (Å²) in [6.07, 6.45) is 0. The second kappa shape index (κ2) is 9.98. The molecule has 0 saturated heterocycles. The minimum atomic E-state index is -0.366. The van der Waals surface area contributed by atoms with Crippen molar-refractivity contribution in [1.29, 1.82) is 0 Å². The molecule has 0 fully saturated rings. The van der Waals surface area contributed by atoms with Crippen LogP contribution in [0.2, 0.25) is 10.0 Å². The van der Waals surface area contributed by atoms with Gasteiger partial charge in [0.25, 0.3) is 11.8 Å². The highest BCUT2D eigenvalue weighted by Crippen LogP contribution is 2.37. The molecular weight excluding hydrogens is 437 g/mol. The van der Waals surface area contributed by atoms with Crippen LogP contribution in [-0.4, -0.2) is 41.4 Å². The van der Waals surface area contributed by atoms with E-state index >= 15 is 0 Å². The monoisotopic (exact) mass is 459 g/mol. The Morgan fingerprint density at radius 1 is 1.03 bits per heavy atom. The molecule has 1 heterocycles. The number of aromatic nitrogens is 1. The second-order valence-electron chi connectivity index (χ2n) is 6.91. The Kier molecular flexibility index (Phi) is 7.36. The van der Waals surface area contributed by atoms with Gasteiger partial charge in [-0.25, -0.2) is 4.98 Å². The maximum absolute atomic E-state index is 12.4. The molecule has 1 N–H and O–H groups in total. The number of anilines is 1. The number of hydrogen-bond acceptors (Lipinski definition) is 4. The quantitative estimate of drug-likeness (QED) is 0.516. The zero-order valence-corrected chi connectivity index (χ0v) is 19.0. The molecular formula is C23H23Cl2N3O3. The van der Waals surface area contributed by atoms with Crippen LogP contribution in [0, 0.1) is 6.92 Å². The summed E-state index contributed by atoms with van der Waals surface area (Å²) in [6.45, 7) is 6.74. The summed E-state index contributed by atoms with van der Waals surface area (Å²) in [4.78, 5) is 30.9. The third-order valence-electron chi connectivity index (χ3n) is 4.79. The Balaban J connectivity index is 1.69. The van der Waals surface area contributed by atoms with Crippen LogP contribution in [0.4, 0.5) is 5.69 Å². The van der Waals surface area contributed by atoms with Gasteiger partial charge in [0.05, 0.1) is 10.0 Å². The maximum atomic E-state index is 12.4. The number of nitrogens with one attached hydrogen (secondary N) is 1. The molecule has 0 aliphatic carbocycles. The van der Waals surface area contributed by atoms with Crippen LogP contribution >= 0.6 is 23.2 Å². The second-order valence-corrected chi connectivity index (χ2v) is 7.72. The number of carbonyl (C=O) groups is 2. The van der Waals surface area contributed by atoms with Gasteiger partial charge < -0.3 is 15.0 Å². The first-order valence-electron chi connectivity index (χ1n) is 9.91. The third-order valence-corrected chi connectivity index (χ3v) is 5.38. The first-order chi connectivity index (χ1) is 14.8. The van der Waals surface area contributed by atoms with Crippen LogP contribution in [0.1, 0.15) is 29.9 Å². The fraction of sp³-hybridized carbons (Fsp3) is 0.261. The lowest BCUT2D eigenvalue weighted by Gasteiger charge is -2.18. The van der Waals surface area contributed by atoms with Gasteiger partial charge in [0.2, 0.25) is 0 Å². The smallest absolute Gasteiger partial charge is 0.262 e.